The third-order valence-electron chi connectivity index (χ3n) is 2.07. The van der Waals surface area contributed by atoms with Gasteiger partial charge in [-0.3, -0.25) is 0 Å². The molecule has 15 heavy (non-hydrogen) atoms. The molecule has 2 N–H and O–H groups in total. The van der Waals surface area contributed by atoms with E-state index in [9.17, 15) is 0 Å². The van der Waals surface area contributed by atoms with E-state index in [0.717, 1.165) is 20.6 Å². The maximum Gasteiger partial charge on any atom is 0.138 e. The third-order valence-corrected chi connectivity index (χ3v) is 3.16. The highest BCUT2D eigenvalue weighted by atomic mass is 79.9. The van der Waals surface area contributed by atoms with Gasteiger partial charge in [0.05, 0.1) is 4.47 Å². The molecular weight excluding hydrogens is 275 g/mol. The Kier molecular flexibility index (Phi) is 2.93. The summed E-state index contributed by atoms with van der Waals surface area (Å²) in [7, 11) is 0. The first-order valence-electron chi connectivity index (χ1n) is 4.34. The third kappa shape index (κ3) is 2.13. The molecule has 2 aromatic rings. The van der Waals surface area contributed by atoms with Crippen LogP contribution in [0.1, 0.15) is 0 Å². The highest BCUT2D eigenvalue weighted by Crippen LogP contribution is 2.31. The summed E-state index contributed by atoms with van der Waals surface area (Å²) in [6, 6.07) is 9.49. The van der Waals surface area contributed by atoms with E-state index in [0.29, 0.717) is 5.82 Å². The maximum absolute atomic E-state index is 5.82. The Morgan fingerprint density at radius 1 is 1.13 bits per heavy atom. The molecule has 0 aliphatic rings. The molecular formula is C11H8BrClN2. The Morgan fingerprint density at radius 3 is 2.47 bits per heavy atom. The topological polar surface area (TPSA) is 38.9 Å². The number of nitrogen functional groups attached to an aromatic ring is 1. The zero-order chi connectivity index (χ0) is 10.8. The number of benzene rings is 1. The first kappa shape index (κ1) is 10.5. The molecule has 0 aliphatic heterocycles. The molecule has 76 valence electrons. The van der Waals surface area contributed by atoms with E-state index in [2.05, 4.69) is 20.9 Å². The van der Waals surface area contributed by atoms with Gasteiger partial charge < -0.3 is 5.73 Å². The zero-order valence-corrected chi connectivity index (χ0v) is 10.1. The van der Waals surface area contributed by atoms with Crippen LogP contribution in [-0.4, -0.2) is 4.98 Å². The molecule has 2 nitrogen and oxygen atoms in total. The minimum atomic E-state index is 0.488. The lowest BCUT2D eigenvalue weighted by atomic mass is 10.1. The Balaban J connectivity index is 2.54. The normalized spacial score (nSPS) is 10.3. The molecule has 0 unspecified atom stereocenters. The van der Waals surface area contributed by atoms with E-state index in [4.69, 9.17) is 17.3 Å². The molecule has 0 amide bonds. The fraction of sp³-hybridized carbons (Fsp3) is 0. The molecule has 0 saturated carbocycles. The summed E-state index contributed by atoms with van der Waals surface area (Å²) in [6.07, 6.45) is 1.68. The first-order chi connectivity index (χ1) is 7.18. The van der Waals surface area contributed by atoms with E-state index >= 15 is 0 Å². The van der Waals surface area contributed by atoms with Crippen LogP contribution < -0.4 is 5.73 Å². The van der Waals surface area contributed by atoms with Gasteiger partial charge in [-0.05, 0) is 39.7 Å². The van der Waals surface area contributed by atoms with Crippen LogP contribution in [0.15, 0.2) is 41.0 Å². The minimum absolute atomic E-state index is 0.488. The highest BCUT2D eigenvalue weighted by molar-refractivity contribution is 9.10. The average molecular weight is 284 g/mol. The second-order valence-corrected chi connectivity index (χ2v) is 4.29. The molecule has 0 saturated heterocycles. The lowest BCUT2D eigenvalue weighted by molar-refractivity contribution is 1.32. The van der Waals surface area contributed by atoms with Crippen molar-refractivity contribution in [3.8, 4) is 11.1 Å². The van der Waals surface area contributed by atoms with E-state index in [1.54, 1.807) is 6.20 Å². The lowest BCUT2D eigenvalue weighted by Crippen LogP contribution is -1.92. The van der Waals surface area contributed by atoms with Crippen LogP contribution in [0.5, 0.6) is 0 Å². The number of nitrogens with zero attached hydrogens (tertiary/aromatic N) is 1. The molecule has 0 spiro atoms. The van der Waals surface area contributed by atoms with Gasteiger partial charge in [-0.15, -0.1) is 0 Å². The van der Waals surface area contributed by atoms with E-state index < -0.39 is 0 Å². The van der Waals surface area contributed by atoms with Crippen LogP contribution >= 0.6 is 27.5 Å². The van der Waals surface area contributed by atoms with Crippen molar-refractivity contribution in [3.05, 3.63) is 46.0 Å². The maximum atomic E-state index is 5.82. The minimum Gasteiger partial charge on any atom is -0.383 e. The largest absolute Gasteiger partial charge is 0.383 e. The SMILES string of the molecule is Nc1nccc(-c2ccc(Cl)cc2)c1Br. The van der Waals surface area contributed by atoms with Crippen LogP contribution in [0, 0.1) is 0 Å². The van der Waals surface area contributed by atoms with Crippen molar-refractivity contribution in [1.82, 2.24) is 4.98 Å². The van der Waals surface area contributed by atoms with Gasteiger partial charge in [-0.1, -0.05) is 23.7 Å². The van der Waals surface area contributed by atoms with Crippen LogP contribution in [0.3, 0.4) is 0 Å². The summed E-state index contributed by atoms with van der Waals surface area (Å²) >= 11 is 9.24. The standard InChI is InChI=1S/C11H8BrClN2/c12-10-9(5-6-15-11(10)14)7-1-3-8(13)4-2-7/h1-6H,(H2,14,15). The Bertz CT molecular complexity index is 482. The van der Waals surface area contributed by atoms with Gasteiger partial charge >= 0.3 is 0 Å². The summed E-state index contributed by atoms with van der Waals surface area (Å²) in [4.78, 5) is 3.99. The number of pyridine rings is 1. The molecule has 0 atom stereocenters. The summed E-state index contributed by atoms with van der Waals surface area (Å²) in [6.45, 7) is 0. The van der Waals surface area contributed by atoms with Gasteiger partial charge in [0.1, 0.15) is 5.82 Å². The number of nitrogens with two attached hydrogens (primary N) is 1. The lowest BCUT2D eigenvalue weighted by Gasteiger charge is -2.06. The van der Waals surface area contributed by atoms with Crippen molar-refractivity contribution in [2.24, 2.45) is 0 Å². The molecule has 4 heteroatoms. The van der Waals surface area contributed by atoms with Gasteiger partial charge in [0.2, 0.25) is 0 Å². The first-order valence-corrected chi connectivity index (χ1v) is 5.51. The predicted molar refractivity (Wildman–Crippen MR) is 66.8 cm³/mol. The molecule has 1 aromatic carbocycles. The van der Waals surface area contributed by atoms with Gasteiger partial charge in [0.25, 0.3) is 0 Å². The number of anilines is 1. The van der Waals surface area contributed by atoms with Crippen molar-refractivity contribution in [3.63, 3.8) is 0 Å². The van der Waals surface area contributed by atoms with Gasteiger partial charge in [-0.25, -0.2) is 4.98 Å². The number of hydrogen-bond acceptors (Lipinski definition) is 2. The molecule has 0 aliphatic carbocycles. The smallest absolute Gasteiger partial charge is 0.138 e. The van der Waals surface area contributed by atoms with Crippen molar-refractivity contribution in [2.75, 3.05) is 5.73 Å². The predicted octanol–water partition coefficient (Wildman–Crippen LogP) is 3.75. The van der Waals surface area contributed by atoms with E-state index in [1.807, 2.05) is 30.3 Å². The number of hydrogen-bond donors (Lipinski definition) is 1. The van der Waals surface area contributed by atoms with Crippen molar-refractivity contribution in [1.29, 1.82) is 0 Å². The summed E-state index contributed by atoms with van der Waals surface area (Å²) in [5.41, 5.74) is 7.77. The van der Waals surface area contributed by atoms with Crippen LogP contribution in [-0.2, 0) is 0 Å². The Labute approximate surface area is 101 Å². The fourth-order valence-electron chi connectivity index (χ4n) is 1.31. The van der Waals surface area contributed by atoms with Crippen LogP contribution in [0.4, 0.5) is 5.82 Å². The molecule has 2 rings (SSSR count). The van der Waals surface area contributed by atoms with Gasteiger partial charge in [-0.2, -0.15) is 0 Å². The van der Waals surface area contributed by atoms with Crippen molar-refractivity contribution < 1.29 is 0 Å². The van der Waals surface area contributed by atoms with Crippen molar-refractivity contribution >= 4 is 33.3 Å². The molecule has 1 aromatic heterocycles. The zero-order valence-electron chi connectivity index (χ0n) is 7.74. The van der Waals surface area contributed by atoms with Gasteiger partial charge in [0.15, 0.2) is 0 Å². The van der Waals surface area contributed by atoms with Gasteiger partial charge in [0, 0.05) is 16.8 Å². The molecule has 0 fully saturated rings. The summed E-state index contributed by atoms with van der Waals surface area (Å²) in [5.74, 6) is 0.488. The fourth-order valence-corrected chi connectivity index (χ4v) is 1.90. The number of halogens is 2. The summed E-state index contributed by atoms with van der Waals surface area (Å²) in [5, 5.41) is 0.719. The quantitative estimate of drug-likeness (QED) is 0.866. The second-order valence-electron chi connectivity index (χ2n) is 3.06. The molecule has 0 bridgehead atoms. The Hall–Kier alpha value is -1.06. The van der Waals surface area contributed by atoms with Crippen LogP contribution in [0.2, 0.25) is 5.02 Å². The van der Waals surface area contributed by atoms with Crippen molar-refractivity contribution in [2.45, 2.75) is 0 Å². The van der Waals surface area contributed by atoms with Crippen LogP contribution in [0.25, 0.3) is 11.1 Å². The van der Waals surface area contributed by atoms with E-state index in [1.165, 1.54) is 0 Å². The highest BCUT2D eigenvalue weighted by Gasteiger charge is 2.05. The molecule has 0 radical (unpaired) electrons. The summed E-state index contributed by atoms with van der Waals surface area (Å²) < 4.78 is 0.812. The average Bonchev–Trinajstić information content (AvgIpc) is 2.24. The Morgan fingerprint density at radius 2 is 1.80 bits per heavy atom. The number of aromatic nitrogens is 1. The van der Waals surface area contributed by atoms with E-state index in [-0.39, 0.29) is 0 Å². The monoisotopic (exact) mass is 282 g/mol. The molecule has 1 heterocycles. The number of rotatable bonds is 1. The second kappa shape index (κ2) is 4.21.